The highest BCUT2D eigenvalue weighted by molar-refractivity contribution is 5.81. The van der Waals surface area contributed by atoms with Crippen molar-refractivity contribution in [3.8, 4) is 0 Å². The fourth-order valence-corrected chi connectivity index (χ4v) is 2.19. The second-order valence-corrected chi connectivity index (χ2v) is 4.63. The van der Waals surface area contributed by atoms with Gasteiger partial charge in [0.1, 0.15) is 0 Å². The third-order valence-electron chi connectivity index (χ3n) is 3.33. The molecule has 0 saturated heterocycles. The number of fused-ring (bicyclic) bond motifs is 1. The van der Waals surface area contributed by atoms with Crippen LogP contribution in [0.2, 0.25) is 0 Å². The molecule has 0 spiro atoms. The first-order chi connectivity index (χ1) is 9.34. The quantitative estimate of drug-likeness (QED) is 0.750. The average molecular weight is 252 g/mol. The van der Waals surface area contributed by atoms with Gasteiger partial charge in [-0.25, -0.2) is 0 Å². The SMILES string of the molecule is CC(NCc1cccc2cccnc12)c1cn[nH]c1. The minimum atomic E-state index is 0.262. The first-order valence-electron chi connectivity index (χ1n) is 6.39. The zero-order chi connectivity index (χ0) is 13.1. The van der Waals surface area contributed by atoms with Gasteiger partial charge in [0.2, 0.25) is 0 Å². The van der Waals surface area contributed by atoms with Crippen LogP contribution in [-0.2, 0) is 6.54 Å². The Morgan fingerprint density at radius 3 is 3.00 bits per heavy atom. The van der Waals surface area contributed by atoms with Crippen molar-refractivity contribution < 1.29 is 0 Å². The van der Waals surface area contributed by atoms with Crippen molar-refractivity contribution in [3.63, 3.8) is 0 Å². The molecule has 2 heterocycles. The molecule has 2 aromatic heterocycles. The predicted molar refractivity (Wildman–Crippen MR) is 75.6 cm³/mol. The Morgan fingerprint density at radius 2 is 2.16 bits per heavy atom. The van der Waals surface area contributed by atoms with Crippen LogP contribution in [0.25, 0.3) is 10.9 Å². The second-order valence-electron chi connectivity index (χ2n) is 4.63. The number of aromatic nitrogens is 3. The number of benzene rings is 1. The second kappa shape index (κ2) is 5.20. The minimum Gasteiger partial charge on any atom is -0.306 e. The van der Waals surface area contributed by atoms with Crippen LogP contribution in [0.5, 0.6) is 0 Å². The summed E-state index contributed by atoms with van der Waals surface area (Å²) >= 11 is 0. The summed E-state index contributed by atoms with van der Waals surface area (Å²) in [6, 6.07) is 10.6. The van der Waals surface area contributed by atoms with Gasteiger partial charge in [0.15, 0.2) is 0 Å². The molecule has 4 heteroatoms. The molecule has 0 aliphatic heterocycles. The largest absolute Gasteiger partial charge is 0.306 e. The third-order valence-corrected chi connectivity index (χ3v) is 3.33. The molecule has 0 fully saturated rings. The van der Waals surface area contributed by atoms with Crippen LogP contribution in [0.15, 0.2) is 48.9 Å². The molecule has 3 aromatic rings. The van der Waals surface area contributed by atoms with Gasteiger partial charge < -0.3 is 5.32 Å². The lowest BCUT2D eigenvalue weighted by Gasteiger charge is -2.13. The Labute approximate surface area is 111 Å². The van der Waals surface area contributed by atoms with Crippen LogP contribution in [0.3, 0.4) is 0 Å². The van der Waals surface area contributed by atoms with Gasteiger partial charge in [-0.1, -0.05) is 24.3 Å². The first-order valence-corrected chi connectivity index (χ1v) is 6.39. The number of para-hydroxylation sites is 1. The van der Waals surface area contributed by atoms with Crippen LogP contribution in [0, 0.1) is 0 Å². The summed E-state index contributed by atoms with van der Waals surface area (Å²) in [6.45, 7) is 2.92. The molecule has 0 radical (unpaired) electrons. The summed E-state index contributed by atoms with van der Waals surface area (Å²) in [4.78, 5) is 4.46. The average Bonchev–Trinajstić information content (AvgIpc) is 2.99. The first kappa shape index (κ1) is 11.9. The molecular weight excluding hydrogens is 236 g/mol. The Hall–Kier alpha value is -2.20. The maximum absolute atomic E-state index is 4.46. The van der Waals surface area contributed by atoms with E-state index in [1.165, 1.54) is 10.9 Å². The van der Waals surface area contributed by atoms with E-state index < -0.39 is 0 Å². The molecule has 1 aromatic carbocycles. The number of hydrogen-bond donors (Lipinski definition) is 2. The van der Waals surface area contributed by atoms with Crippen molar-refractivity contribution in [2.75, 3.05) is 0 Å². The minimum absolute atomic E-state index is 0.262. The summed E-state index contributed by atoms with van der Waals surface area (Å²) in [5.74, 6) is 0. The highest BCUT2D eigenvalue weighted by atomic mass is 15.1. The van der Waals surface area contributed by atoms with E-state index in [1.54, 1.807) is 0 Å². The molecule has 2 N–H and O–H groups in total. The van der Waals surface area contributed by atoms with Gasteiger partial charge in [0.05, 0.1) is 11.7 Å². The molecule has 96 valence electrons. The fourth-order valence-electron chi connectivity index (χ4n) is 2.19. The van der Waals surface area contributed by atoms with Gasteiger partial charge in [-0.05, 0) is 18.6 Å². The number of H-pyrrole nitrogens is 1. The van der Waals surface area contributed by atoms with E-state index in [9.17, 15) is 0 Å². The predicted octanol–water partition coefficient (Wildman–Crippen LogP) is 2.81. The van der Waals surface area contributed by atoms with Crippen molar-refractivity contribution in [3.05, 3.63) is 60.0 Å². The Bertz CT molecular complexity index is 655. The molecule has 0 amide bonds. The third kappa shape index (κ3) is 2.48. The van der Waals surface area contributed by atoms with Gasteiger partial charge >= 0.3 is 0 Å². The van der Waals surface area contributed by atoms with Gasteiger partial charge in [-0.3, -0.25) is 10.1 Å². The fraction of sp³-hybridized carbons (Fsp3) is 0.200. The maximum Gasteiger partial charge on any atom is 0.0746 e. The van der Waals surface area contributed by atoms with E-state index in [2.05, 4.69) is 51.7 Å². The molecule has 19 heavy (non-hydrogen) atoms. The zero-order valence-corrected chi connectivity index (χ0v) is 10.8. The number of nitrogens with zero attached hydrogens (tertiary/aromatic N) is 2. The van der Waals surface area contributed by atoms with E-state index in [-0.39, 0.29) is 6.04 Å². The normalized spacial score (nSPS) is 12.7. The van der Waals surface area contributed by atoms with Crippen molar-refractivity contribution in [1.82, 2.24) is 20.5 Å². The maximum atomic E-state index is 4.46. The summed E-state index contributed by atoms with van der Waals surface area (Å²) in [5, 5.41) is 11.5. The van der Waals surface area contributed by atoms with Gasteiger partial charge in [-0.2, -0.15) is 5.10 Å². The summed E-state index contributed by atoms with van der Waals surface area (Å²) in [6.07, 6.45) is 5.60. The Balaban J connectivity index is 1.79. The van der Waals surface area contributed by atoms with E-state index in [4.69, 9.17) is 0 Å². The summed E-state index contributed by atoms with van der Waals surface area (Å²) < 4.78 is 0. The van der Waals surface area contributed by atoms with Gasteiger partial charge in [0.25, 0.3) is 0 Å². The number of aromatic amines is 1. The monoisotopic (exact) mass is 252 g/mol. The van der Waals surface area contributed by atoms with Crippen molar-refractivity contribution in [2.45, 2.75) is 19.5 Å². The van der Waals surface area contributed by atoms with Crippen LogP contribution < -0.4 is 5.32 Å². The van der Waals surface area contributed by atoms with Gasteiger partial charge in [0, 0.05) is 35.9 Å². The Kier molecular flexibility index (Phi) is 3.25. The number of nitrogens with one attached hydrogen (secondary N) is 2. The lowest BCUT2D eigenvalue weighted by Crippen LogP contribution is -2.17. The smallest absolute Gasteiger partial charge is 0.0746 e. The molecule has 4 nitrogen and oxygen atoms in total. The van der Waals surface area contributed by atoms with E-state index in [0.717, 1.165) is 17.6 Å². The molecule has 0 saturated carbocycles. The van der Waals surface area contributed by atoms with E-state index in [1.807, 2.05) is 24.7 Å². The molecule has 1 unspecified atom stereocenters. The molecular formula is C15H16N4. The molecule has 1 atom stereocenters. The molecule has 3 rings (SSSR count). The molecule has 0 aliphatic carbocycles. The van der Waals surface area contributed by atoms with Crippen LogP contribution in [0.4, 0.5) is 0 Å². The highest BCUT2D eigenvalue weighted by Crippen LogP contribution is 2.17. The topological polar surface area (TPSA) is 53.6 Å². The van der Waals surface area contributed by atoms with Crippen molar-refractivity contribution in [1.29, 1.82) is 0 Å². The number of hydrogen-bond acceptors (Lipinski definition) is 3. The summed E-state index contributed by atoms with van der Waals surface area (Å²) in [5.41, 5.74) is 3.44. The van der Waals surface area contributed by atoms with Crippen molar-refractivity contribution in [2.24, 2.45) is 0 Å². The highest BCUT2D eigenvalue weighted by Gasteiger charge is 2.07. The standard InChI is InChI=1S/C15H16N4/c1-11(14-9-18-19-10-14)17-8-13-5-2-4-12-6-3-7-16-15(12)13/h2-7,9-11,17H,8H2,1H3,(H,18,19). The van der Waals surface area contributed by atoms with Crippen LogP contribution >= 0.6 is 0 Å². The summed E-state index contributed by atoms with van der Waals surface area (Å²) in [7, 11) is 0. The number of pyridine rings is 1. The van der Waals surface area contributed by atoms with Crippen LogP contribution in [0.1, 0.15) is 24.1 Å². The number of rotatable bonds is 4. The van der Waals surface area contributed by atoms with Crippen molar-refractivity contribution >= 4 is 10.9 Å². The van der Waals surface area contributed by atoms with Gasteiger partial charge in [-0.15, -0.1) is 0 Å². The lowest BCUT2D eigenvalue weighted by molar-refractivity contribution is 0.576. The van der Waals surface area contributed by atoms with E-state index in [0.29, 0.717) is 0 Å². The Morgan fingerprint density at radius 1 is 1.26 bits per heavy atom. The molecule has 0 bridgehead atoms. The lowest BCUT2D eigenvalue weighted by atomic mass is 10.1. The van der Waals surface area contributed by atoms with Crippen LogP contribution in [-0.4, -0.2) is 15.2 Å². The van der Waals surface area contributed by atoms with E-state index >= 15 is 0 Å². The zero-order valence-electron chi connectivity index (χ0n) is 10.8. The molecule has 0 aliphatic rings.